The zero-order valence-electron chi connectivity index (χ0n) is 24.6. The smallest absolute Gasteiger partial charge is 0.363 e. The molecule has 0 bridgehead atoms. The predicted octanol–water partition coefficient (Wildman–Crippen LogP) is 5.61. The highest BCUT2D eigenvalue weighted by Crippen LogP contribution is 2.34. The number of alkyl halides is 3. The SMILES string of the molecule is O=C(C1Cc2ccccc2CO1)N1CCC(N2CCC(N(C(=O)C3CCCCC3)c3ccc(C(F)(F)F)cn3)CC2)CC1. The second-order valence-electron chi connectivity index (χ2n) is 12.5. The van der Waals surface area contributed by atoms with Crippen LogP contribution in [0.15, 0.2) is 42.6 Å². The van der Waals surface area contributed by atoms with E-state index in [1.165, 1.54) is 11.6 Å². The molecule has 1 unspecified atom stereocenters. The van der Waals surface area contributed by atoms with Crippen molar-refractivity contribution in [2.45, 2.75) is 95.2 Å². The number of benzene rings is 1. The maximum absolute atomic E-state index is 13.8. The van der Waals surface area contributed by atoms with Crippen LogP contribution in [0.2, 0.25) is 0 Å². The molecule has 2 saturated heterocycles. The highest BCUT2D eigenvalue weighted by Gasteiger charge is 2.38. The number of fused-ring (bicyclic) bond motifs is 1. The van der Waals surface area contributed by atoms with Gasteiger partial charge in [-0.05, 0) is 61.8 Å². The lowest BCUT2D eigenvalue weighted by Gasteiger charge is -2.44. The van der Waals surface area contributed by atoms with E-state index in [4.69, 9.17) is 4.74 Å². The summed E-state index contributed by atoms with van der Waals surface area (Å²) in [6.45, 7) is 3.49. The van der Waals surface area contributed by atoms with Crippen LogP contribution >= 0.6 is 0 Å². The van der Waals surface area contributed by atoms with E-state index in [9.17, 15) is 22.8 Å². The first-order valence-electron chi connectivity index (χ1n) is 15.9. The Labute approximate surface area is 251 Å². The largest absolute Gasteiger partial charge is 0.417 e. The highest BCUT2D eigenvalue weighted by molar-refractivity contribution is 5.94. The Hall–Kier alpha value is -2.98. The first-order valence-corrected chi connectivity index (χ1v) is 15.9. The molecule has 1 aliphatic carbocycles. The topological polar surface area (TPSA) is 66.0 Å². The summed E-state index contributed by atoms with van der Waals surface area (Å²) in [5.41, 5.74) is 1.54. The molecule has 1 aromatic carbocycles. The number of piperidine rings is 2. The number of ether oxygens (including phenoxy) is 1. The lowest BCUT2D eigenvalue weighted by molar-refractivity contribution is -0.147. The van der Waals surface area contributed by atoms with Gasteiger partial charge in [0.1, 0.15) is 11.9 Å². The number of anilines is 1. The van der Waals surface area contributed by atoms with E-state index in [-0.39, 0.29) is 23.8 Å². The summed E-state index contributed by atoms with van der Waals surface area (Å²) in [6.07, 6.45) is 4.63. The normalized spacial score (nSPS) is 23.1. The van der Waals surface area contributed by atoms with Crippen LogP contribution < -0.4 is 4.90 Å². The minimum atomic E-state index is -4.47. The maximum Gasteiger partial charge on any atom is 0.417 e. The first kappa shape index (κ1) is 30.1. The number of hydrogen-bond donors (Lipinski definition) is 0. The van der Waals surface area contributed by atoms with Gasteiger partial charge in [0.25, 0.3) is 5.91 Å². The molecular formula is C33H41F3N4O3. The zero-order chi connectivity index (χ0) is 30.0. The molecule has 4 heterocycles. The molecule has 7 nitrogen and oxygen atoms in total. The third kappa shape index (κ3) is 6.75. The van der Waals surface area contributed by atoms with Crippen LogP contribution in [0.5, 0.6) is 0 Å². The second kappa shape index (κ2) is 12.9. The molecule has 1 aromatic heterocycles. The Morgan fingerprint density at radius 2 is 1.56 bits per heavy atom. The van der Waals surface area contributed by atoms with Crippen LogP contribution in [0.3, 0.4) is 0 Å². The number of carbonyl (C=O) groups excluding carboxylic acids is 2. The van der Waals surface area contributed by atoms with Gasteiger partial charge in [-0.2, -0.15) is 13.2 Å². The van der Waals surface area contributed by atoms with Crippen LogP contribution in [-0.4, -0.2) is 71.0 Å². The average molecular weight is 599 g/mol. The first-order chi connectivity index (χ1) is 20.8. The van der Waals surface area contributed by atoms with Crippen molar-refractivity contribution < 1.29 is 27.5 Å². The predicted molar refractivity (Wildman–Crippen MR) is 156 cm³/mol. The Bertz CT molecular complexity index is 1260. The van der Waals surface area contributed by atoms with Crippen LogP contribution in [0.4, 0.5) is 19.0 Å². The number of likely N-dealkylation sites (tertiary alicyclic amines) is 2. The summed E-state index contributed by atoms with van der Waals surface area (Å²) in [7, 11) is 0. The summed E-state index contributed by atoms with van der Waals surface area (Å²) >= 11 is 0. The molecule has 0 radical (unpaired) electrons. The van der Waals surface area contributed by atoms with Crippen molar-refractivity contribution in [3.05, 3.63) is 59.3 Å². The zero-order valence-corrected chi connectivity index (χ0v) is 24.6. The van der Waals surface area contributed by atoms with E-state index in [0.717, 1.165) is 88.7 Å². The van der Waals surface area contributed by atoms with E-state index >= 15 is 0 Å². The van der Waals surface area contributed by atoms with Crippen molar-refractivity contribution >= 4 is 17.6 Å². The molecule has 2 aromatic rings. The molecular weight excluding hydrogens is 557 g/mol. The van der Waals surface area contributed by atoms with E-state index in [1.54, 1.807) is 4.90 Å². The van der Waals surface area contributed by atoms with E-state index in [2.05, 4.69) is 22.0 Å². The van der Waals surface area contributed by atoms with Crippen molar-refractivity contribution in [3.63, 3.8) is 0 Å². The van der Waals surface area contributed by atoms with Crippen molar-refractivity contribution in [2.24, 2.45) is 5.92 Å². The highest BCUT2D eigenvalue weighted by atomic mass is 19.4. The Morgan fingerprint density at radius 1 is 0.860 bits per heavy atom. The Morgan fingerprint density at radius 3 is 2.21 bits per heavy atom. The monoisotopic (exact) mass is 598 g/mol. The standard InChI is InChI=1S/C33H41F3N4O3/c34-33(35,36)26-10-11-30(37-21-26)40(31(41)23-6-2-1-3-7-23)28-14-16-38(17-15-28)27-12-18-39(19-13-27)32(42)29-20-24-8-4-5-9-25(24)22-43-29/h4-5,8-11,21,23,27-29H,1-3,6-7,12-20,22H2. The van der Waals surface area contributed by atoms with Gasteiger partial charge in [-0.3, -0.25) is 14.5 Å². The van der Waals surface area contributed by atoms with Gasteiger partial charge in [0.05, 0.1) is 12.2 Å². The van der Waals surface area contributed by atoms with Crippen LogP contribution in [0.1, 0.15) is 74.5 Å². The number of rotatable bonds is 5. The second-order valence-corrected chi connectivity index (χ2v) is 12.5. The van der Waals surface area contributed by atoms with Gasteiger partial charge >= 0.3 is 6.18 Å². The van der Waals surface area contributed by atoms with Crippen LogP contribution in [0.25, 0.3) is 0 Å². The average Bonchev–Trinajstić information content (AvgIpc) is 3.05. The summed E-state index contributed by atoms with van der Waals surface area (Å²) in [4.78, 5) is 37.3. The third-order valence-electron chi connectivity index (χ3n) is 9.91. The van der Waals surface area contributed by atoms with Crippen molar-refractivity contribution in [2.75, 3.05) is 31.1 Å². The van der Waals surface area contributed by atoms with Crippen molar-refractivity contribution in [1.29, 1.82) is 0 Å². The van der Waals surface area contributed by atoms with Crippen LogP contribution in [-0.2, 0) is 33.5 Å². The minimum absolute atomic E-state index is 0.00443. The molecule has 0 N–H and O–H groups in total. The fraction of sp³-hybridized carbons (Fsp3) is 0.606. The number of hydrogen-bond acceptors (Lipinski definition) is 5. The van der Waals surface area contributed by atoms with Gasteiger partial charge in [-0.15, -0.1) is 0 Å². The van der Waals surface area contributed by atoms with E-state index in [0.29, 0.717) is 38.0 Å². The van der Waals surface area contributed by atoms with Gasteiger partial charge in [-0.1, -0.05) is 43.5 Å². The molecule has 3 fully saturated rings. The van der Waals surface area contributed by atoms with E-state index in [1.807, 2.05) is 17.0 Å². The molecule has 3 aliphatic heterocycles. The molecule has 43 heavy (non-hydrogen) atoms. The summed E-state index contributed by atoms with van der Waals surface area (Å²) < 4.78 is 45.5. The maximum atomic E-state index is 13.8. The minimum Gasteiger partial charge on any atom is -0.363 e. The van der Waals surface area contributed by atoms with Crippen LogP contribution in [0, 0.1) is 5.92 Å². The molecule has 1 saturated carbocycles. The van der Waals surface area contributed by atoms with Crippen molar-refractivity contribution in [3.8, 4) is 0 Å². The Kier molecular flexibility index (Phi) is 9.05. The Balaban J connectivity index is 1.05. The number of pyridine rings is 1. The molecule has 232 valence electrons. The van der Waals surface area contributed by atoms with E-state index < -0.39 is 17.8 Å². The summed E-state index contributed by atoms with van der Waals surface area (Å²) in [5, 5.41) is 0. The molecule has 1 atom stereocenters. The number of amides is 2. The number of carbonyl (C=O) groups is 2. The summed E-state index contributed by atoms with van der Waals surface area (Å²) in [5.74, 6) is 0.304. The molecule has 10 heteroatoms. The molecule has 4 aliphatic rings. The van der Waals surface area contributed by atoms with Gasteiger partial charge in [0.2, 0.25) is 5.91 Å². The lowest BCUT2D eigenvalue weighted by Crippen LogP contribution is -2.54. The molecule has 0 spiro atoms. The van der Waals surface area contributed by atoms with Crippen molar-refractivity contribution in [1.82, 2.24) is 14.8 Å². The fourth-order valence-corrected chi connectivity index (χ4v) is 7.39. The van der Waals surface area contributed by atoms with Gasteiger partial charge in [0.15, 0.2) is 0 Å². The third-order valence-corrected chi connectivity index (χ3v) is 9.91. The number of aromatic nitrogens is 1. The lowest BCUT2D eigenvalue weighted by atomic mass is 9.87. The quantitative estimate of drug-likeness (QED) is 0.448. The number of halogens is 3. The van der Waals surface area contributed by atoms with Gasteiger partial charge in [0, 0.05) is 56.8 Å². The van der Waals surface area contributed by atoms with Gasteiger partial charge in [-0.25, -0.2) is 4.98 Å². The van der Waals surface area contributed by atoms with Gasteiger partial charge < -0.3 is 14.5 Å². The summed E-state index contributed by atoms with van der Waals surface area (Å²) in [6, 6.07) is 10.8. The molecule has 6 rings (SSSR count). The number of nitrogens with zero attached hydrogens (tertiary/aromatic N) is 4. The fourth-order valence-electron chi connectivity index (χ4n) is 7.39. The molecule has 2 amide bonds.